The molecule has 4 nitrogen and oxygen atoms in total. The molecule has 1 amide bonds. The maximum absolute atomic E-state index is 11.9. The van der Waals surface area contributed by atoms with E-state index in [-0.39, 0.29) is 0 Å². The molecule has 0 unspecified atom stereocenters. The fourth-order valence-electron chi connectivity index (χ4n) is 2.08. The predicted octanol–water partition coefficient (Wildman–Crippen LogP) is 1.81. The van der Waals surface area contributed by atoms with Crippen LogP contribution in [0, 0.1) is 0 Å². The zero-order valence-corrected chi connectivity index (χ0v) is 9.54. The van der Waals surface area contributed by atoms with E-state index in [1.54, 1.807) is 30.6 Å². The van der Waals surface area contributed by atoms with Crippen molar-refractivity contribution in [3.63, 3.8) is 0 Å². The number of carbonyl (C=O) groups excluding carboxylic acids is 2. The van der Waals surface area contributed by atoms with Crippen molar-refractivity contribution in [2.75, 3.05) is 4.90 Å². The summed E-state index contributed by atoms with van der Waals surface area (Å²) in [7, 11) is 0. The molecule has 0 bridgehead atoms. The molecular weight excluding hydrogens is 228 g/mol. The summed E-state index contributed by atoms with van der Waals surface area (Å²) >= 11 is 0. The number of ketones is 1. The van der Waals surface area contributed by atoms with E-state index >= 15 is 0 Å². The highest BCUT2D eigenvalue weighted by Gasteiger charge is 2.35. The Morgan fingerprint density at radius 2 is 1.72 bits per heavy atom. The Labute approximate surface area is 104 Å². The zero-order valence-electron chi connectivity index (χ0n) is 9.54. The molecule has 0 spiro atoms. The number of rotatable bonds is 2. The molecule has 0 radical (unpaired) electrons. The van der Waals surface area contributed by atoms with Crippen molar-refractivity contribution >= 4 is 17.4 Å². The summed E-state index contributed by atoms with van der Waals surface area (Å²) in [5.41, 5.74) is 2.11. The number of anilines is 1. The third kappa shape index (κ3) is 1.59. The van der Waals surface area contributed by atoms with Gasteiger partial charge in [0.25, 0.3) is 11.7 Å². The van der Waals surface area contributed by atoms with Gasteiger partial charge in [0, 0.05) is 12.4 Å². The molecular formula is C14H10N2O2. The molecule has 4 heteroatoms. The van der Waals surface area contributed by atoms with Gasteiger partial charge in [0.1, 0.15) is 0 Å². The fourth-order valence-corrected chi connectivity index (χ4v) is 2.08. The van der Waals surface area contributed by atoms with Crippen LogP contribution in [0.5, 0.6) is 0 Å². The molecule has 0 N–H and O–H groups in total. The first-order valence-corrected chi connectivity index (χ1v) is 5.61. The molecule has 0 saturated heterocycles. The van der Waals surface area contributed by atoms with Crippen LogP contribution in [0.2, 0.25) is 0 Å². The highest BCUT2D eigenvalue weighted by molar-refractivity contribution is 6.52. The van der Waals surface area contributed by atoms with Gasteiger partial charge < -0.3 is 4.90 Å². The Hall–Kier alpha value is -2.49. The zero-order chi connectivity index (χ0) is 12.5. The second kappa shape index (κ2) is 4.07. The summed E-state index contributed by atoms with van der Waals surface area (Å²) in [6.07, 6.45) is 3.34. The van der Waals surface area contributed by atoms with Crippen LogP contribution < -0.4 is 4.90 Å². The molecule has 2 heterocycles. The first kappa shape index (κ1) is 10.7. The highest BCUT2D eigenvalue weighted by atomic mass is 16.2. The molecule has 88 valence electrons. The van der Waals surface area contributed by atoms with Crippen molar-refractivity contribution < 1.29 is 9.59 Å². The van der Waals surface area contributed by atoms with Crippen molar-refractivity contribution in [2.45, 2.75) is 6.54 Å². The van der Waals surface area contributed by atoms with Crippen LogP contribution in [0.15, 0.2) is 48.8 Å². The van der Waals surface area contributed by atoms with Gasteiger partial charge in [0.15, 0.2) is 0 Å². The van der Waals surface area contributed by atoms with Crippen LogP contribution in [0.4, 0.5) is 5.69 Å². The number of amides is 1. The van der Waals surface area contributed by atoms with E-state index in [1.807, 2.05) is 18.2 Å². The van der Waals surface area contributed by atoms with Crippen LogP contribution in [0.3, 0.4) is 0 Å². The van der Waals surface area contributed by atoms with Gasteiger partial charge in [-0.25, -0.2) is 0 Å². The van der Waals surface area contributed by atoms with Crippen LogP contribution in [-0.4, -0.2) is 16.7 Å². The normalized spacial score (nSPS) is 13.9. The number of fused-ring (bicyclic) bond motifs is 1. The molecule has 1 aromatic heterocycles. The van der Waals surface area contributed by atoms with E-state index in [1.165, 1.54) is 4.90 Å². The smallest absolute Gasteiger partial charge is 0.299 e. The third-order valence-electron chi connectivity index (χ3n) is 2.97. The summed E-state index contributed by atoms with van der Waals surface area (Å²) in [6.45, 7) is 0.393. The first-order chi connectivity index (χ1) is 8.77. The van der Waals surface area contributed by atoms with Crippen molar-refractivity contribution in [3.8, 4) is 0 Å². The quantitative estimate of drug-likeness (QED) is 0.750. The number of para-hydroxylation sites is 1. The average Bonchev–Trinajstić information content (AvgIpc) is 2.66. The third-order valence-corrected chi connectivity index (χ3v) is 2.97. The molecule has 0 aliphatic carbocycles. The molecule has 3 rings (SSSR count). The number of hydrogen-bond donors (Lipinski definition) is 0. The topological polar surface area (TPSA) is 50.3 Å². The van der Waals surface area contributed by atoms with Gasteiger partial charge in [-0.2, -0.15) is 0 Å². The molecule has 1 aliphatic heterocycles. The minimum Gasteiger partial charge on any atom is -0.300 e. The van der Waals surface area contributed by atoms with E-state index in [2.05, 4.69) is 4.98 Å². The van der Waals surface area contributed by atoms with Gasteiger partial charge in [-0.1, -0.05) is 12.1 Å². The van der Waals surface area contributed by atoms with Crippen molar-refractivity contribution in [1.82, 2.24) is 4.98 Å². The Balaban J connectivity index is 1.99. The summed E-state index contributed by atoms with van der Waals surface area (Å²) < 4.78 is 0. The minimum absolute atomic E-state index is 0.393. The van der Waals surface area contributed by atoms with Gasteiger partial charge in [-0.15, -0.1) is 0 Å². The molecule has 0 saturated carbocycles. The standard InChI is InChI=1S/C14H10N2O2/c17-13-11-3-1-2-4-12(11)16(14(13)18)9-10-5-7-15-8-6-10/h1-8H,9H2. The van der Waals surface area contributed by atoms with E-state index in [4.69, 9.17) is 0 Å². The number of carbonyl (C=O) groups is 2. The van der Waals surface area contributed by atoms with Crippen LogP contribution >= 0.6 is 0 Å². The van der Waals surface area contributed by atoms with Crippen LogP contribution in [-0.2, 0) is 11.3 Å². The SMILES string of the molecule is O=C1C(=O)N(Cc2ccncc2)c2ccccc21. The van der Waals surface area contributed by atoms with Gasteiger partial charge in [-0.3, -0.25) is 14.6 Å². The summed E-state index contributed by atoms with van der Waals surface area (Å²) in [4.78, 5) is 29.2. The predicted molar refractivity (Wildman–Crippen MR) is 66.2 cm³/mol. The van der Waals surface area contributed by atoms with Gasteiger partial charge in [0.2, 0.25) is 0 Å². The lowest BCUT2D eigenvalue weighted by atomic mass is 10.1. The molecule has 18 heavy (non-hydrogen) atoms. The average molecular weight is 238 g/mol. The van der Waals surface area contributed by atoms with Crippen LogP contribution in [0.25, 0.3) is 0 Å². The largest absolute Gasteiger partial charge is 0.300 e. The monoisotopic (exact) mass is 238 g/mol. The van der Waals surface area contributed by atoms with Gasteiger partial charge in [0.05, 0.1) is 17.8 Å². The summed E-state index contributed by atoms with van der Waals surface area (Å²) in [6, 6.07) is 10.7. The second-order valence-corrected chi connectivity index (χ2v) is 4.09. The molecule has 0 atom stereocenters. The number of nitrogens with zero attached hydrogens (tertiary/aromatic N) is 2. The number of aromatic nitrogens is 1. The molecule has 1 aliphatic rings. The number of hydrogen-bond acceptors (Lipinski definition) is 3. The summed E-state index contributed by atoms with van der Waals surface area (Å²) in [5, 5.41) is 0. The van der Waals surface area contributed by atoms with E-state index in [9.17, 15) is 9.59 Å². The Bertz CT molecular complexity index is 623. The first-order valence-electron chi connectivity index (χ1n) is 5.61. The maximum Gasteiger partial charge on any atom is 0.299 e. The Morgan fingerprint density at radius 3 is 2.50 bits per heavy atom. The molecule has 2 aromatic rings. The van der Waals surface area contributed by atoms with E-state index in [0.29, 0.717) is 17.8 Å². The lowest BCUT2D eigenvalue weighted by Crippen LogP contribution is -2.29. The Morgan fingerprint density at radius 1 is 1.00 bits per heavy atom. The fraction of sp³-hybridized carbons (Fsp3) is 0.0714. The highest BCUT2D eigenvalue weighted by Crippen LogP contribution is 2.29. The van der Waals surface area contributed by atoms with Crippen molar-refractivity contribution in [2.24, 2.45) is 0 Å². The molecule has 0 fully saturated rings. The Kier molecular flexibility index (Phi) is 2.41. The van der Waals surface area contributed by atoms with Gasteiger partial charge in [-0.05, 0) is 29.8 Å². The van der Waals surface area contributed by atoms with E-state index in [0.717, 1.165) is 5.56 Å². The summed E-state index contributed by atoms with van der Waals surface area (Å²) in [5.74, 6) is -0.896. The van der Waals surface area contributed by atoms with Crippen LogP contribution in [0.1, 0.15) is 15.9 Å². The van der Waals surface area contributed by atoms with E-state index < -0.39 is 11.7 Å². The van der Waals surface area contributed by atoms with Gasteiger partial charge >= 0.3 is 0 Å². The number of benzene rings is 1. The van der Waals surface area contributed by atoms with Crippen molar-refractivity contribution in [1.29, 1.82) is 0 Å². The lowest BCUT2D eigenvalue weighted by molar-refractivity contribution is -0.114. The second-order valence-electron chi connectivity index (χ2n) is 4.09. The van der Waals surface area contributed by atoms with Crippen molar-refractivity contribution in [3.05, 3.63) is 59.9 Å². The number of pyridine rings is 1. The molecule has 1 aromatic carbocycles. The number of Topliss-reactive ketones (excluding diaryl/α,β-unsaturated/α-hetero) is 1. The maximum atomic E-state index is 11.9. The lowest BCUT2D eigenvalue weighted by Gasteiger charge is -2.16. The minimum atomic E-state index is -0.465.